The molecule has 2 unspecified atom stereocenters. The van der Waals surface area contributed by atoms with Crippen molar-refractivity contribution in [1.29, 1.82) is 0 Å². The first-order chi connectivity index (χ1) is 17.6. The molecule has 0 aliphatic carbocycles. The van der Waals surface area contributed by atoms with Gasteiger partial charge < -0.3 is 19.3 Å². The Morgan fingerprint density at radius 1 is 1.03 bits per heavy atom. The molecule has 10 heteroatoms. The second-order valence-corrected chi connectivity index (χ2v) is 12.9. The van der Waals surface area contributed by atoms with Crippen molar-refractivity contribution in [2.45, 2.75) is 69.0 Å². The van der Waals surface area contributed by atoms with E-state index in [2.05, 4.69) is 16.8 Å². The normalized spacial score (nSPS) is 25.5. The molecule has 0 radical (unpaired) electrons. The van der Waals surface area contributed by atoms with Crippen molar-refractivity contribution in [3.05, 3.63) is 23.3 Å². The van der Waals surface area contributed by atoms with Gasteiger partial charge in [0.15, 0.2) is 0 Å². The number of benzene rings is 1. The largest absolute Gasteiger partial charge is 0.497 e. The number of aryl methyl sites for hydroxylation is 2. The number of ether oxygens (including phenoxy) is 2. The lowest BCUT2D eigenvalue weighted by molar-refractivity contribution is -0.138. The van der Waals surface area contributed by atoms with Crippen LogP contribution >= 0.6 is 0 Å². The first-order valence-electron chi connectivity index (χ1n) is 13.5. The number of piperazine rings is 1. The van der Waals surface area contributed by atoms with Crippen LogP contribution in [-0.4, -0.2) is 119 Å². The number of carbonyl (C=O) groups excluding carboxylic acids is 1. The zero-order valence-corrected chi connectivity index (χ0v) is 23.9. The van der Waals surface area contributed by atoms with Crippen molar-refractivity contribution in [1.82, 2.24) is 19.0 Å². The van der Waals surface area contributed by atoms with Crippen molar-refractivity contribution < 1.29 is 22.7 Å². The number of amides is 1. The summed E-state index contributed by atoms with van der Waals surface area (Å²) in [6.45, 7) is 7.14. The van der Waals surface area contributed by atoms with Crippen molar-refractivity contribution in [2.24, 2.45) is 0 Å². The third-order valence-electron chi connectivity index (χ3n) is 8.61. The molecule has 2 bridgehead atoms. The molecule has 0 spiro atoms. The third-order valence-corrected chi connectivity index (χ3v) is 10.8. The topological polar surface area (TPSA) is 82.6 Å². The van der Waals surface area contributed by atoms with E-state index in [0.29, 0.717) is 35.0 Å². The van der Waals surface area contributed by atoms with Crippen molar-refractivity contribution in [3.63, 3.8) is 0 Å². The molecule has 37 heavy (non-hydrogen) atoms. The molecule has 0 N–H and O–H groups in total. The quantitative estimate of drug-likeness (QED) is 0.447. The molecule has 1 aromatic carbocycles. The molecule has 0 saturated carbocycles. The molecule has 3 fully saturated rings. The van der Waals surface area contributed by atoms with Gasteiger partial charge in [0.25, 0.3) is 0 Å². The average molecular weight is 537 g/mol. The number of hydrogen-bond acceptors (Lipinski definition) is 7. The van der Waals surface area contributed by atoms with Crippen molar-refractivity contribution in [3.8, 4) is 5.75 Å². The van der Waals surface area contributed by atoms with Gasteiger partial charge in [-0.05, 0) is 69.8 Å². The molecule has 2 atom stereocenters. The SMILES string of the molecule is COc1cc(C)c(S(=O)(=O)N(C)CCOCC(=O)N2CCN(C3CC4CCCC(C3)N4C)CC2)c(C)c1. The zero-order valence-electron chi connectivity index (χ0n) is 23.1. The fourth-order valence-corrected chi connectivity index (χ4v) is 7.94. The van der Waals surface area contributed by atoms with Crippen LogP contribution in [0.2, 0.25) is 0 Å². The number of likely N-dealkylation sites (N-methyl/N-ethyl adjacent to an activating group) is 1. The lowest BCUT2D eigenvalue weighted by atomic mass is 9.81. The summed E-state index contributed by atoms with van der Waals surface area (Å²) < 4.78 is 38.4. The fourth-order valence-electron chi connectivity index (χ4n) is 6.38. The molecule has 3 heterocycles. The molecule has 4 rings (SSSR count). The van der Waals surface area contributed by atoms with Gasteiger partial charge in [-0.15, -0.1) is 0 Å². The molecule has 208 valence electrons. The Kier molecular flexibility index (Phi) is 9.17. The van der Waals surface area contributed by atoms with Gasteiger partial charge in [-0.1, -0.05) is 6.42 Å². The van der Waals surface area contributed by atoms with E-state index in [1.54, 1.807) is 40.1 Å². The number of rotatable bonds is 9. The predicted octanol–water partition coefficient (Wildman–Crippen LogP) is 2.11. The Morgan fingerprint density at radius 2 is 1.62 bits per heavy atom. The first-order valence-corrected chi connectivity index (χ1v) is 15.0. The summed E-state index contributed by atoms with van der Waals surface area (Å²) >= 11 is 0. The number of nitrogens with zero attached hydrogens (tertiary/aromatic N) is 4. The summed E-state index contributed by atoms with van der Waals surface area (Å²) in [6, 6.07) is 5.51. The molecule has 3 aliphatic heterocycles. The lowest BCUT2D eigenvalue weighted by Crippen LogP contribution is -2.59. The van der Waals surface area contributed by atoms with Crippen LogP contribution in [0.25, 0.3) is 0 Å². The number of hydrogen-bond donors (Lipinski definition) is 0. The highest BCUT2D eigenvalue weighted by atomic mass is 32.2. The maximum absolute atomic E-state index is 13.1. The second-order valence-electron chi connectivity index (χ2n) is 10.9. The Labute approximate surface area is 222 Å². The van der Waals surface area contributed by atoms with Gasteiger partial charge in [-0.2, -0.15) is 4.31 Å². The average Bonchev–Trinajstić information content (AvgIpc) is 2.85. The fraction of sp³-hybridized carbons (Fsp3) is 0.741. The highest BCUT2D eigenvalue weighted by Crippen LogP contribution is 2.35. The summed E-state index contributed by atoms with van der Waals surface area (Å²) in [5.41, 5.74) is 1.28. The van der Waals surface area contributed by atoms with Gasteiger partial charge in [0, 0.05) is 57.9 Å². The van der Waals surface area contributed by atoms with E-state index in [1.807, 2.05) is 4.90 Å². The van der Waals surface area contributed by atoms with E-state index in [9.17, 15) is 13.2 Å². The molecular weight excluding hydrogens is 492 g/mol. The molecular formula is C27H44N4O5S. The standard InChI is InChI=1S/C27H44N4O5S/c1-20-15-25(35-5)16-21(2)27(20)37(33,34)28(3)13-14-36-19-26(32)31-11-9-30(10-12-31)24-17-22-7-6-8-23(18-24)29(22)4/h15-16,22-24H,6-14,17-19H2,1-5H3. The van der Waals surface area contributed by atoms with E-state index in [0.717, 1.165) is 26.2 Å². The van der Waals surface area contributed by atoms with Crippen LogP contribution < -0.4 is 4.74 Å². The number of carbonyl (C=O) groups is 1. The Morgan fingerprint density at radius 3 is 2.19 bits per heavy atom. The smallest absolute Gasteiger partial charge is 0.248 e. The molecule has 0 aromatic heterocycles. The first kappa shape index (κ1) is 28.3. The van der Waals surface area contributed by atoms with Crippen LogP contribution in [0.3, 0.4) is 0 Å². The Balaban J connectivity index is 1.20. The molecule has 3 saturated heterocycles. The van der Waals surface area contributed by atoms with Crippen molar-refractivity contribution in [2.75, 3.05) is 67.1 Å². The minimum absolute atomic E-state index is 0.0210. The van der Waals surface area contributed by atoms with Crippen LogP contribution in [0.4, 0.5) is 0 Å². The van der Waals surface area contributed by atoms with Gasteiger partial charge in [0.1, 0.15) is 12.4 Å². The number of sulfonamides is 1. The van der Waals surface area contributed by atoms with Gasteiger partial charge in [-0.3, -0.25) is 9.69 Å². The minimum atomic E-state index is -3.68. The Bertz CT molecular complexity index is 1020. The maximum atomic E-state index is 13.1. The number of fused-ring (bicyclic) bond motifs is 2. The van der Waals surface area contributed by atoms with Gasteiger partial charge >= 0.3 is 0 Å². The summed E-state index contributed by atoms with van der Waals surface area (Å²) in [7, 11) is 1.71. The minimum Gasteiger partial charge on any atom is -0.497 e. The maximum Gasteiger partial charge on any atom is 0.248 e. The van der Waals surface area contributed by atoms with E-state index in [-0.39, 0.29) is 30.6 Å². The van der Waals surface area contributed by atoms with Gasteiger partial charge in [0.05, 0.1) is 18.6 Å². The van der Waals surface area contributed by atoms with E-state index >= 15 is 0 Å². The summed E-state index contributed by atoms with van der Waals surface area (Å²) in [6.07, 6.45) is 6.48. The van der Waals surface area contributed by atoms with E-state index in [1.165, 1.54) is 36.4 Å². The summed E-state index contributed by atoms with van der Waals surface area (Å²) in [4.78, 5) is 20.1. The van der Waals surface area contributed by atoms with Crippen LogP contribution in [0.15, 0.2) is 17.0 Å². The van der Waals surface area contributed by atoms with E-state index in [4.69, 9.17) is 9.47 Å². The molecule has 1 amide bonds. The highest BCUT2D eigenvalue weighted by molar-refractivity contribution is 7.89. The highest BCUT2D eigenvalue weighted by Gasteiger charge is 2.39. The molecule has 9 nitrogen and oxygen atoms in total. The van der Waals surface area contributed by atoms with E-state index < -0.39 is 10.0 Å². The van der Waals surface area contributed by atoms with Crippen LogP contribution in [0.5, 0.6) is 5.75 Å². The number of methoxy groups -OCH3 is 1. The van der Waals surface area contributed by atoms with Gasteiger partial charge in [-0.25, -0.2) is 8.42 Å². The van der Waals surface area contributed by atoms with Gasteiger partial charge in [0.2, 0.25) is 15.9 Å². The predicted molar refractivity (Wildman–Crippen MR) is 143 cm³/mol. The number of piperidine rings is 2. The zero-order chi connectivity index (χ0) is 26.7. The van der Waals surface area contributed by atoms with Crippen molar-refractivity contribution >= 4 is 15.9 Å². The second kappa shape index (κ2) is 12.0. The van der Waals surface area contributed by atoms with Crippen LogP contribution in [0.1, 0.15) is 43.2 Å². The summed E-state index contributed by atoms with van der Waals surface area (Å²) in [5.74, 6) is 0.612. The third kappa shape index (κ3) is 6.30. The van der Waals surface area contributed by atoms with Crippen LogP contribution in [-0.2, 0) is 19.6 Å². The lowest BCUT2D eigenvalue weighted by Gasteiger charge is -2.51. The Hall–Kier alpha value is -1.72. The molecule has 1 aromatic rings. The molecule has 3 aliphatic rings. The summed E-state index contributed by atoms with van der Waals surface area (Å²) in [5, 5.41) is 0. The monoisotopic (exact) mass is 536 g/mol. The van der Waals surface area contributed by atoms with Crippen LogP contribution in [0, 0.1) is 13.8 Å².